The maximum atomic E-state index is 12.0. The zero-order chi connectivity index (χ0) is 42.6. The number of aliphatic hydroxyl groups excluding tert-OH is 8. The molecule has 0 unspecified atom stereocenters. The lowest BCUT2D eigenvalue weighted by Gasteiger charge is -2.58. The third kappa shape index (κ3) is 7.10. The van der Waals surface area contributed by atoms with Gasteiger partial charge in [0.05, 0.1) is 38.1 Å². The fourth-order valence-corrected chi connectivity index (χ4v) is 13.8. The molecule has 5 heterocycles. The van der Waals surface area contributed by atoms with Crippen molar-refractivity contribution in [3.63, 3.8) is 0 Å². The van der Waals surface area contributed by atoms with E-state index in [0.29, 0.717) is 48.3 Å². The molecular weight excluding hydrogens is 784 g/mol. The van der Waals surface area contributed by atoms with Crippen molar-refractivity contribution >= 4 is 0 Å². The quantitative estimate of drug-likeness (QED) is 0.158. The molecule has 0 aromatic rings. The summed E-state index contributed by atoms with van der Waals surface area (Å²) >= 11 is 0. The van der Waals surface area contributed by atoms with Crippen molar-refractivity contribution in [3.05, 3.63) is 11.6 Å². The van der Waals surface area contributed by atoms with Crippen molar-refractivity contribution in [2.75, 3.05) is 19.8 Å². The van der Waals surface area contributed by atoms with E-state index in [1.165, 1.54) is 18.9 Å². The molecule has 0 radical (unpaired) electrons. The second-order valence-electron chi connectivity index (χ2n) is 20.6. The lowest BCUT2D eigenvalue weighted by atomic mass is 9.47. The minimum Gasteiger partial charge on any atom is -0.394 e. The Hall–Kier alpha value is -0.900. The van der Waals surface area contributed by atoms with Crippen LogP contribution in [0.2, 0.25) is 0 Å². The van der Waals surface area contributed by atoms with Gasteiger partial charge in [-0.05, 0) is 98.7 Å². The summed E-state index contributed by atoms with van der Waals surface area (Å²) in [7, 11) is 0. The lowest BCUT2D eigenvalue weighted by Crippen LogP contribution is -2.65. The smallest absolute Gasteiger partial charge is 0.187 e. The molecule has 5 saturated heterocycles. The van der Waals surface area contributed by atoms with Crippen LogP contribution in [-0.2, 0) is 37.9 Å². The van der Waals surface area contributed by atoms with Crippen LogP contribution in [0.25, 0.3) is 0 Å². The zero-order valence-corrected chi connectivity index (χ0v) is 35.6. The molecule has 25 atom stereocenters. The molecule has 9 aliphatic rings. The van der Waals surface area contributed by atoms with Crippen LogP contribution in [0.5, 0.6) is 0 Å². The second kappa shape index (κ2) is 16.5. The van der Waals surface area contributed by atoms with E-state index in [-0.39, 0.29) is 23.0 Å². The molecule has 0 bridgehead atoms. The van der Waals surface area contributed by atoms with Gasteiger partial charge in [0, 0.05) is 12.3 Å². The first-order valence-corrected chi connectivity index (χ1v) is 22.8. The number of aliphatic hydroxyl groups is 8. The number of fused-ring (bicyclic) bond motifs is 7. The molecule has 8 fully saturated rings. The zero-order valence-electron chi connectivity index (χ0n) is 35.6. The minimum atomic E-state index is -1.73. The molecule has 16 heteroatoms. The van der Waals surface area contributed by atoms with Crippen molar-refractivity contribution in [2.45, 2.75) is 196 Å². The van der Waals surface area contributed by atoms with Gasteiger partial charge in [0.1, 0.15) is 61.0 Å². The van der Waals surface area contributed by atoms with Crippen LogP contribution in [0.3, 0.4) is 0 Å². The van der Waals surface area contributed by atoms with Crippen molar-refractivity contribution in [2.24, 2.45) is 46.3 Å². The van der Waals surface area contributed by atoms with Crippen LogP contribution >= 0.6 is 0 Å². The van der Waals surface area contributed by atoms with E-state index in [9.17, 15) is 40.9 Å². The first-order valence-electron chi connectivity index (χ1n) is 22.8. The average molecular weight is 855 g/mol. The fourth-order valence-electron chi connectivity index (χ4n) is 13.8. The number of ether oxygens (including phenoxy) is 8. The Kier molecular flexibility index (Phi) is 12.2. The summed E-state index contributed by atoms with van der Waals surface area (Å²) < 4.78 is 49.7. The molecule has 60 heavy (non-hydrogen) atoms. The second-order valence-corrected chi connectivity index (χ2v) is 20.6. The van der Waals surface area contributed by atoms with E-state index in [1.807, 2.05) is 0 Å². The molecule has 342 valence electrons. The summed E-state index contributed by atoms with van der Waals surface area (Å²) in [6.07, 6.45) is -8.89. The maximum absolute atomic E-state index is 12.0. The molecule has 5 aliphatic heterocycles. The minimum absolute atomic E-state index is 0.00194. The highest BCUT2D eigenvalue weighted by Gasteiger charge is 2.69. The van der Waals surface area contributed by atoms with Gasteiger partial charge in [-0.25, -0.2) is 0 Å². The van der Waals surface area contributed by atoms with Crippen molar-refractivity contribution < 1.29 is 78.7 Å². The van der Waals surface area contributed by atoms with Gasteiger partial charge in [0.15, 0.2) is 24.7 Å². The summed E-state index contributed by atoms with van der Waals surface area (Å²) in [5.41, 5.74) is 1.56. The average Bonchev–Trinajstić information content (AvgIpc) is 3.79. The number of rotatable bonds is 8. The predicted octanol–water partition coefficient (Wildman–Crippen LogP) is 0.853. The summed E-state index contributed by atoms with van der Waals surface area (Å²) in [6.45, 7) is 10.6. The molecule has 9 rings (SSSR count). The highest BCUT2D eigenvalue weighted by molar-refractivity contribution is 5.26. The van der Waals surface area contributed by atoms with Crippen molar-refractivity contribution in [1.29, 1.82) is 0 Å². The van der Waals surface area contributed by atoms with Crippen LogP contribution in [0, 0.1) is 46.3 Å². The summed E-state index contributed by atoms with van der Waals surface area (Å²) in [4.78, 5) is 0. The van der Waals surface area contributed by atoms with Gasteiger partial charge in [-0.1, -0.05) is 39.3 Å². The molecule has 0 aromatic carbocycles. The van der Waals surface area contributed by atoms with E-state index in [2.05, 4.69) is 33.8 Å². The van der Waals surface area contributed by atoms with E-state index >= 15 is 0 Å². The van der Waals surface area contributed by atoms with E-state index in [4.69, 9.17) is 37.9 Å². The van der Waals surface area contributed by atoms with Crippen LogP contribution in [0.15, 0.2) is 11.6 Å². The largest absolute Gasteiger partial charge is 0.394 e. The van der Waals surface area contributed by atoms with E-state index in [1.54, 1.807) is 0 Å². The highest BCUT2D eigenvalue weighted by Crippen LogP contribution is 2.70. The van der Waals surface area contributed by atoms with Gasteiger partial charge in [-0.3, -0.25) is 0 Å². The van der Waals surface area contributed by atoms with Crippen LogP contribution in [0.1, 0.15) is 92.4 Å². The lowest BCUT2D eigenvalue weighted by molar-refractivity contribution is -0.376. The molecule has 0 amide bonds. The Labute approximate surface area is 352 Å². The molecule has 1 spiro atoms. The monoisotopic (exact) mass is 854 g/mol. The van der Waals surface area contributed by atoms with Crippen molar-refractivity contribution in [3.8, 4) is 0 Å². The van der Waals surface area contributed by atoms with Gasteiger partial charge >= 0.3 is 0 Å². The van der Waals surface area contributed by atoms with Crippen LogP contribution in [0.4, 0.5) is 0 Å². The standard InChI is InChI=1S/C44H70O16/c1-19-8-13-44(53-18-19)20(2)30-27(60-44)15-26-24-7-6-22-14-23(9-11-42(22,4)25(24)10-12-43(26,30)5)55-41-36(52)38(59-39-35(51)33(49)31(47)21(3)54-39)37(29(17-46)57-41)58-40-34(50)32(48)28(16-45)56-40/h6,19-21,23-41,45-52H,7-18H2,1-5H3/t19-,20+,21+,23+,24-,25+,26+,27+,28+,29-,30+,31+,32+,33-,34-,35-,36+,37-,38-,39+,40+,41-,42+,43+,44-/m1/s1. The van der Waals surface area contributed by atoms with Crippen LogP contribution in [-0.4, -0.2) is 165 Å². The Bertz CT molecular complexity index is 1560. The molecule has 0 aromatic heterocycles. The summed E-state index contributed by atoms with van der Waals surface area (Å²) in [6, 6.07) is 0. The van der Waals surface area contributed by atoms with Gasteiger partial charge in [0.25, 0.3) is 0 Å². The Morgan fingerprint density at radius 1 is 0.700 bits per heavy atom. The predicted molar refractivity (Wildman–Crippen MR) is 208 cm³/mol. The topological polar surface area (TPSA) is 236 Å². The van der Waals surface area contributed by atoms with Gasteiger partial charge in [0.2, 0.25) is 0 Å². The maximum Gasteiger partial charge on any atom is 0.187 e. The van der Waals surface area contributed by atoms with Gasteiger partial charge < -0.3 is 78.7 Å². The first kappa shape index (κ1) is 44.3. The van der Waals surface area contributed by atoms with E-state index < -0.39 is 105 Å². The third-order valence-electron chi connectivity index (χ3n) is 17.3. The van der Waals surface area contributed by atoms with E-state index in [0.717, 1.165) is 45.1 Å². The van der Waals surface area contributed by atoms with Crippen LogP contribution < -0.4 is 0 Å². The highest BCUT2D eigenvalue weighted by atomic mass is 16.8. The Morgan fingerprint density at radius 2 is 1.38 bits per heavy atom. The van der Waals surface area contributed by atoms with Crippen molar-refractivity contribution in [1.82, 2.24) is 0 Å². The number of hydrogen-bond donors (Lipinski definition) is 8. The summed E-state index contributed by atoms with van der Waals surface area (Å²) in [5.74, 6) is 2.69. The van der Waals surface area contributed by atoms with Gasteiger partial charge in [-0.2, -0.15) is 0 Å². The molecule has 3 saturated carbocycles. The first-order chi connectivity index (χ1) is 28.5. The normalized spacial score (nSPS) is 57.7. The molecule has 16 nitrogen and oxygen atoms in total. The molecule has 8 N–H and O–H groups in total. The molecular formula is C44H70O16. The Morgan fingerprint density at radius 3 is 2.08 bits per heavy atom. The SMILES string of the molecule is C[C@@H]1CC[C@@]2(OC1)O[C@H]1C[C@H]3[C@@H]4CC=C5C[C@@H](O[C@@H]6O[C@H](CO)[C@@H](O[C@@H]7O[C@@H](CO)[C@H](O)[C@H]7O)[C@H](O[C@@H]7O[C@@H](C)[C@H](O)[C@@H](O)[C@H]7O)[C@@H]6O)CC[C@]5(C)[C@H]4CC[C@]3(C)[C@H]1[C@@H]2C. The Balaban J connectivity index is 0.901. The third-order valence-corrected chi connectivity index (χ3v) is 17.3. The molecule has 4 aliphatic carbocycles. The number of allylic oxidation sites excluding steroid dienone is 1. The van der Waals surface area contributed by atoms with Gasteiger partial charge in [-0.15, -0.1) is 0 Å². The fraction of sp³-hybridized carbons (Fsp3) is 0.955. The number of hydrogen-bond acceptors (Lipinski definition) is 16. The summed E-state index contributed by atoms with van der Waals surface area (Å²) in [5, 5.41) is 85.0.